The van der Waals surface area contributed by atoms with Gasteiger partial charge in [0.1, 0.15) is 0 Å². The Balaban J connectivity index is 2.39. The molecule has 27 heavy (non-hydrogen) atoms. The zero-order valence-electron chi connectivity index (χ0n) is 16.8. The van der Waals surface area contributed by atoms with Crippen LogP contribution in [0.5, 0.6) is 0 Å². The summed E-state index contributed by atoms with van der Waals surface area (Å²) in [6.07, 6.45) is 0.822. The van der Waals surface area contributed by atoms with Crippen LogP contribution >= 0.6 is 0 Å². The molecule has 0 aliphatic carbocycles. The highest BCUT2D eigenvalue weighted by molar-refractivity contribution is 7.92. The van der Waals surface area contributed by atoms with Gasteiger partial charge < -0.3 is 5.32 Å². The van der Waals surface area contributed by atoms with Gasteiger partial charge in [-0.25, -0.2) is 8.42 Å². The average Bonchev–Trinajstić information content (AvgIpc) is 2.55. The van der Waals surface area contributed by atoms with E-state index >= 15 is 0 Å². The van der Waals surface area contributed by atoms with Crippen LogP contribution in [-0.2, 0) is 10.0 Å². The summed E-state index contributed by atoms with van der Waals surface area (Å²) in [4.78, 5) is 12.7. The largest absolute Gasteiger partial charge is 0.350 e. The normalized spacial score (nSPS) is 12.5. The number of anilines is 1. The summed E-state index contributed by atoms with van der Waals surface area (Å²) in [6.45, 7) is 11.2. The Morgan fingerprint density at radius 2 is 1.59 bits per heavy atom. The lowest BCUT2D eigenvalue weighted by atomic mass is 10.1. The molecule has 0 aliphatic rings. The van der Waals surface area contributed by atoms with E-state index in [0.717, 1.165) is 17.5 Å². The van der Waals surface area contributed by atoms with Crippen molar-refractivity contribution in [2.75, 3.05) is 4.72 Å². The summed E-state index contributed by atoms with van der Waals surface area (Å²) in [5.41, 5.74) is 4.00. The molecule has 2 aromatic rings. The number of sulfonamides is 1. The van der Waals surface area contributed by atoms with Crippen LogP contribution in [0.25, 0.3) is 0 Å². The van der Waals surface area contributed by atoms with Crippen molar-refractivity contribution < 1.29 is 13.2 Å². The zero-order valence-corrected chi connectivity index (χ0v) is 17.6. The molecular weight excluding hydrogens is 360 g/mol. The van der Waals surface area contributed by atoms with Gasteiger partial charge in [-0.3, -0.25) is 9.52 Å². The van der Waals surface area contributed by atoms with E-state index in [-0.39, 0.29) is 16.8 Å². The minimum Gasteiger partial charge on any atom is -0.350 e. The molecule has 0 heterocycles. The number of aryl methyl sites for hydroxylation is 4. The maximum atomic E-state index is 13.0. The molecule has 6 heteroatoms. The standard InChI is InChI=1S/C21H28N2O3S/c1-7-17(6)22-21(24)18-9-8-14(3)19(12-18)23-27(25,26)20-15(4)10-13(2)11-16(20)5/h8-12,17,23H,7H2,1-6H3,(H,22,24). The predicted molar refractivity (Wildman–Crippen MR) is 110 cm³/mol. The van der Waals surface area contributed by atoms with E-state index in [9.17, 15) is 13.2 Å². The van der Waals surface area contributed by atoms with Gasteiger partial charge in [0.05, 0.1) is 10.6 Å². The molecule has 1 unspecified atom stereocenters. The van der Waals surface area contributed by atoms with Crippen LogP contribution in [-0.4, -0.2) is 20.4 Å². The molecule has 0 radical (unpaired) electrons. The molecule has 2 rings (SSSR count). The second-order valence-electron chi connectivity index (χ2n) is 7.15. The lowest BCUT2D eigenvalue weighted by Crippen LogP contribution is -2.32. The topological polar surface area (TPSA) is 75.3 Å². The van der Waals surface area contributed by atoms with Crippen molar-refractivity contribution in [2.45, 2.75) is 58.9 Å². The van der Waals surface area contributed by atoms with Crippen LogP contribution in [0, 0.1) is 27.7 Å². The molecule has 0 bridgehead atoms. The quantitative estimate of drug-likeness (QED) is 0.777. The fourth-order valence-corrected chi connectivity index (χ4v) is 4.65. The number of hydrogen-bond acceptors (Lipinski definition) is 3. The molecule has 0 aliphatic heterocycles. The van der Waals surface area contributed by atoms with Crippen LogP contribution in [0.1, 0.15) is 52.9 Å². The van der Waals surface area contributed by atoms with E-state index in [1.165, 1.54) is 0 Å². The number of nitrogens with one attached hydrogen (secondary N) is 2. The Labute approximate surface area is 162 Å². The first-order valence-corrected chi connectivity index (χ1v) is 10.6. The van der Waals surface area contributed by atoms with Crippen LogP contribution in [0.2, 0.25) is 0 Å². The smallest absolute Gasteiger partial charge is 0.262 e. The Morgan fingerprint density at radius 3 is 2.15 bits per heavy atom. The Kier molecular flexibility index (Phi) is 6.31. The summed E-state index contributed by atoms with van der Waals surface area (Å²) >= 11 is 0. The second-order valence-corrected chi connectivity index (χ2v) is 8.77. The van der Waals surface area contributed by atoms with E-state index in [4.69, 9.17) is 0 Å². The zero-order chi connectivity index (χ0) is 20.4. The molecule has 0 saturated carbocycles. The third-order valence-electron chi connectivity index (χ3n) is 4.61. The fourth-order valence-electron chi connectivity index (χ4n) is 3.07. The van der Waals surface area contributed by atoms with Crippen molar-refractivity contribution in [3.63, 3.8) is 0 Å². The Hall–Kier alpha value is -2.34. The highest BCUT2D eigenvalue weighted by Crippen LogP contribution is 2.26. The number of rotatable bonds is 6. The van der Waals surface area contributed by atoms with E-state index in [1.807, 2.05) is 39.8 Å². The molecule has 1 atom stereocenters. The van der Waals surface area contributed by atoms with Gasteiger partial charge >= 0.3 is 0 Å². The number of hydrogen-bond donors (Lipinski definition) is 2. The van der Waals surface area contributed by atoms with Gasteiger partial charge in [-0.05, 0) is 69.9 Å². The molecule has 0 fully saturated rings. The van der Waals surface area contributed by atoms with E-state index in [1.54, 1.807) is 32.0 Å². The maximum absolute atomic E-state index is 13.0. The first kappa shape index (κ1) is 21.0. The first-order chi connectivity index (χ1) is 12.5. The average molecular weight is 389 g/mol. The molecule has 5 nitrogen and oxygen atoms in total. The summed E-state index contributed by atoms with van der Waals surface area (Å²) in [5.74, 6) is -0.215. The van der Waals surface area contributed by atoms with Crippen molar-refractivity contribution in [1.82, 2.24) is 5.32 Å². The predicted octanol–water partition coefficient (Wildman–Crippen LogP) is 4.25. The third kappa shape index (κ3) is 4.89. The van der Waals surface area contributed by atoms with Gasteiger partial charge in [-0.2, -0.15) is 0 Å². The van der Waals surface area contributed by atoms with Crippen LogP contribution in [0.4, 0.5) is 5.69 Å². The lowest BCUT2D eigenvalue weighted by Gasteiger charge is -2.16. The fraction of sp³-hybridized carbons (Fsp3) is 0.381. The third-order valence-corrected chi connectivity index (χ3v) is 6.28. The highest BCUT2D eigenvalue weighted by Gasteiger charge is 2.21. The van der Waals surface area contributed by atoms with Gasteiger partial charge in [-0.15, -0.1) is 0 Å². The van der Waals surface area contributed by atoms with Crippen LogP contribution < -0.4 is 10.0 Å². The van der Waals surface area contributed by atoms with Crippen molar-refractivity contribution in [2.24, 2.45) is 0 Å². The van der Waals surface area contributed by atoms with Gasteiger partial charge in [0.15, 0.2) is 0 Å². The SMILES string of the molecule is CCC(C)NC(=O)c1ccc(C)c(NS(=O)(=O)c2c(C)cc(C)cc2C)c1. The number of carbonyl (C=O) groups excluding carboxylic acids is 1. The molecule has 0 saturated heterocycles. The molecule has 0 aromatic heterocycles. The highest BCUT2D eigenvalue weighted by atomic mass is 32.2. The van der Waals surface area contributed by atoms with E-state index < -0.39 is 10.0 Å². The summed E-state index contributed by atoms with van der Waals surface area (Å²) < 4.78 is 28.7. The summed E-state index contributed by atoms with van der Waals surface area (Å²) in [7, 11) is -3.77. The molecule has 1 amide bonds. The molecular formula is C21H28N2O3S. The summed E-state index contributed by atoms with van der Waals surface area (Å²) in [5, 5.41) is 2.90. The van der Waals surface area contributed by atoms with Crippen LogP contribution in [0.3, 0.4) is 0 Å². The van der Waals surface area contributed by atoms with Gasteiger partial charge in [0, 0.05) is 11.6 Å². The lowest BCUT2D eigenvalue weighted by molar-refractivity contribution is 0.0939. The number of benzene rings is 2. The van der Waals surface area contributed by atoms with E-state index in [0.29, 0.717) is 22.4 Å². The van der Waals surface area contributed by atoms with E-state index in [2.05, 4.69) is 10.0 Å². The second kappa shape index (κ2) is 8.13. The molecule has 0 spiro atoms. The Bertz CT molecular complexity index is 942. The molecule has 2 aromatic carbocycles. The Morgan fingerprint density at radius 1 is 1.00 bits per heavy atom. The van der Waals surface area contributed by atoms with Crippen molar-refractivity contribution in [3.05, 3.63) is 58.1 Å². The summed E-state index contributed by atoms with van der Waals surface area (Å²) in [6, 6.07) is 8.79. The van der Waals surface area contributed by atoms with Gasteiger partial charge in [-0.1, -0.05) is 30.7 Å². The van der Waals surface area contributed by atoms with Crippen LogP contribution in [0.15, 0.2) is 35.2 Å². The minimum atomic E-state index is -3.77. The minimum absolute atomic E-state index is 0.0526. The van der Waals surface area contributed by atoms with Gasteiger partial charge in [0.25, 0.3) is 15.9 Å². The van der Waals surface area contributed by atoms with Crippen molar-refractivity contribution >= 4 is 21.6 Å². The number of carbonyl (C=O) groups is 1. The molecule has 2 N–H and O–H groups in total. The first-order valence-electron chi connectivity index (χ1n) is 9.07. The molecule has 146 valence electrons. The van der Waals surface area contributed by atoms with Crippen molar-refractivity contribution in [1.29, 1.82) is 0 Å². The monoisotopic (exact) mass is 388 g/mol. The number of amides is 1. The van der Waals surface area contributed by atoms with Crippen molar-refractivity contribution in [3.8, 4) is 0 Å². The maximum Gasteiger partial charge on any atom is 0.262 e. The van der Waals surface area contributed by atoms with Gasteiger partial charge in [0.2, 0.25) is 0 Å².